The molecule has 8 heteroatoms. The zero-order chi connectivity index (χ0) is 22.3. The van der Waals surface area contributed by atoms with Crippen molar-refractivity contribution < 1.29 is 19.1 Å². The maximum atomic E-state index is 13.3. The van der Waals surface area contributed by atoms with Crippen molar-refractivity contribution in [2.45, 2.75) is 38.9 Å². The number of carbonyl (C=O) groups excluding carboxylic acids is 3. The number of ether oxygens (including phenoxy) is 1. The number of rotatable bonds is 4. The number of nitrogens with one attached hydrogen (secondary N) is 1. The lowest BCUT2D eigenvalue weighted by atomic mass is 10.0. The highest BCUT2D eigenvalue weighted by atomic mass is 16.5. The van der Waals surface area contributed by atoms with E-state index in [2.05, 4.69) is 10.3 Å². The van der Waals surface area contributed by atoms with Crippen LogP contribution < -0.4 is 10.1 Å². The molecule has 1 aliphatic rings. The topological polar surface area (TPSA) is 93.5 Å². The number of para-hydroxylation sites is 2. The van der Waals surface area contributed by atoms with E-state index < -0.39 is 29.3 Å². The molecule has 1 aromatic heterocycles. The van der Waals surface area contributed by atoms with E-state index in [0.717, 1.165) is 5.56 Å². The zero-order valence-electron chi connectivity index (χ0n) is 17.9. The van der Waals surface area contributed by atoms with Crippen LogP contribution in [0.25, 0.3) is 11.0 Å². The van der Waals surface area contributed by atoms with Crippen molar-refractivity contribution in [1.29, 1.82) is 0 Å². The molecular formula is C23H24N4O4. The first-order valence-corrected chi connectivity index (χ1v) is 9.97. The smallest absolute Gasteiger partial charge is 0.322 e. The van der Waals surface area contributed by atoms with E-state index in [1.807, 2.05) is 20.8 Å². The minimum Gasteiger partial charge on any atom is -0.497 e. The van der Waals surface area contributed by atoms with E-state index in [1.54, 1.807) is 55.6 Å². The lowest BCUT2D eigenvalue weighted by Gasteiger charge is -2.35. The first-order valence-electron chi connectivity index (χ1n) is 9.97. The van der Waals surface area contributed by atoms with Gasteiger partial charge < -0.3 is 15.0 Å². The Bertz CT molecular complexity index is 1170. The maximum absolute atomic E-state index is 13.3. The number of hydrogen-bond donors (Lipinski definition) is 1. The van der Waals surface area contributed by atoms with Gasteiger partial charge in [-0.2, -0.15) is 0 Å². The molecule has 8 nitrogen and oxygen atoms in total. The van der Waals surface area contributed by atoms with Crippen LogP contribution >= 0.6 is 0 Å². The molecule has 0 radical (unpaired) electrons. The van der Waals surface area contributed by atoms with Crippen molar-refractivity contribution in [1.82, 2.24) is 19.8 Å². The van der Waals surface area contributed by atoms with Gasteiger partial charge >= 0.3 is 11.8 Å². The van der Waals surface area contributed by atoms with Crippen molar-refractivity contribution in [3.8, 4) is 5.75 Å². The third-order valence-corrected chi connectivity index (χ3v) is 5.05. The van der Waals surface area contributed by atoms with Gasteiger partial charge in [0, 0.05) is 12.1 Å². The van der Waals surface area contributed by atoms with Crippen molar-refractivity contribution in [3.63, 3.8) is 0 Å². The molecule has 160 valence electrons. The summed E-state index contributed by atoms with van der Waals surface area (Å²) in [5, 5.41) is 2.93. The Morgan fingerprint density at radius 1 is 1.06 bits per heavy atom. The first-order chi connectivity index (χ1) is 14.7. The highest BCUT2D eigenvalue weighted by Gasteiger charge is 2.45. The summed E-state index contributed by atoms with van der Waals surface area (Å²) in [5.74, 6) is -0.953. The Kier molecular flexibility index (Phi) is 5.00. The zero-order valence-corrected chi connectivity index (χ0v) is 17.9. The molecule has 0 saturated carbocycles. The predicted molar refractivity (Wildman–Crippen MR) is 115 cm³/mol. The fourth-order valence-corrected chi connectivity index (χ4v) is 3.70. The van der Waals surface area contributed by atoms with Crippen LogP contribution in [0.1, 0.15) is 43.0 Å². The van der Waals surface area contributed by atoms with Crippen LogP contribution in [0.3, 0.4) is 0 Å². The summed E-state index contributed by atoms with van der Waals surface area (Å²) in [6.07, 6.45) is 0. The van der Waals surface area contributed by atoms with Gasteiger partial charge in [0.25, 0.3) is 5.91 Å². The fourth-order valence-electron chi connectivity index (χ4n) is 3.70. The third-order valence-electron chi connectivity index (χ3n) is 5.05. The van der Waals surface area contributed by atoms with Crippen molar-refractivity contribution in [3.05, 3.63) is 59.9 Å². The Morgan fingerprint density at radius 3 is 2.39 bits per heavy atom. The summed E-state index contributed by atoms with van der Waals surface area (Å²) < 4.78 is 6.44. The molecule has 0 aliphatic carbocycles. The SMILES string of the molecule is COc1ccc(CN2C(=O)C(=O)n3c(nc4ccccc43)[C@@H]2C(=O)NC(C)(C)C)cc1. The summed E-state index contributed by atoms with van der Waals surface area (Å²) in [6, 6.07) is 13.1. The number of amides is 2. The molecule has 0 bridgehead atoms. The minimum absolute atomic E-state index is 0.0833. The summed E-state index contributed by atoms with van der Waals surface area (Å²) in [5.41, 5.74) is 1.30. The third kappa shape index (κ3) is 3.76. The molecule has 0 unspecified atom stereocenters. The molecule has 0 saturated heterocycles. The van der Waals surface area contributed by atoms with Crippen molar-refractivity contribution >= 4 is 28.8 Å². The van der Waals surface area contributed by atoms with Gasteiger partial charge in [0.05, 0.1) is 18.1 Å². The second kappa shape index (κ2) is 7.54. The fraction of sp³-hybridized carbons (Fsp3) is 0.304. The molecule has 31 heavy (non-hydrogen) atoms. The Morgan fingerprint density at radius 2 is 1.74 bits per heavy atom. The summed E-state index contributed by atoms with van der Waals surface area (Å²) in [4.78, 5) is 45.3. The van der Waals surface area contributed by atoms with Gasteiger partial charge in [0.2, 0.25) is 0 Å². The first kappa shape index (κ1) is 20.6. The highest BCUT2D eigenvalue weighted by Crippen LogP contribution is 2.32. The highest BCUT2D eigenvalue weighted by molar-refractivity contribution is 6.38. The largest absolute Gasteiger partial charge is 0.497 e. The number of fused-ring (bicyclic) bond motifs is 3. The number of benzene rings is 2. The molecule has 3 aromatic rings. The van der Waals surface area contributed by atoms with Crippen LogP contribution in [0.4, 0.5) is 0 Å². The van der Waals surface area contributed by atoms with Crippen LogP contribution in [-0.2, 0) is 16.1 Å². The molecule has 2 amide bonds. The molecule has 4 rings (SSSR count). The van der Waals surface area contributed by atoms with Crippen molar-refractivity contribution in [2.75, 3.05) is 7.11 Å². The minimum atomic E-state index is -1.04. The molecular weight excluding hydrogens is 396 g/mol. The summed E-state index contributed by atoms with van der Waals surface area (Å²) in [7, 11) is 1.57. The molecule has 1 atom stereocenters. The molecule has 1 N–H and O–H groups in total. The number of nitrogens with zero attached hydrogens (tertiary/aromatic N) is 3. The van der Waals surface area contributed by atoms with Crippen LogP contribution in [0.2, 0.25) is 0 Å². The molecule has 1 aliphatic heterocycles. The average Bonchev–Trinajstić information content (AvgIpc) is 3.10. The molecule has 0 spiro atoms. The van der Waals surface area contributed by atoms with Gasteiger partial charge in [-0.05, 0) is 50.6 Å². The maximum Gasteiger partial charge on any atom is 0.322 e. The standard InChI is InChI=1S/C23H24N4O4/c1-23(2,3)25-20(28)18-19-24-16-7-5-6-8-17(16)27(19)22(30)21(29)26(18)13-14-9-11-15(31-4)12-10-14/h5-12,18H,13H2,1-4H3,(H,25,28)/t18-/m1/s1. The van der Waals surface area contributed by atoms with E-state index >= 15 is 0 Å². The van der Waals surface area contributed by atoms with Gasteiger partial charge in [-0.15, -0.1) is 0 Å². The van der Waals surface area contributed by atoms with E-state index in [1.165, 1.54) is 9.47 Å². The molecule has 2 aromatic carbocycles. The Balaban J connectivity index is 1.82. The normalized spacial score (nSPS) is 16.4. The second-order valence-electron chi connectivity index (χ2n) is 8.52. The van der Waals surface area contributed by atoms with Gasteiger partial charge in [-0.1, -0.05) is 24.3 Å². The summed E-state index contributed by atoms with van der Waals surface area (Å²) >= 11 is 0. The van der Waals surface area contributed by atoms with Gasteiger partial charge in [0.1, 0.15) is 11.6 Å². The number of carbonyl (C=O) groups is 3. The Labute approximate surface area is 179 Å². The number of hydrogen-bond acceptors (Lipinski definition) is 5. The number of aromatic nitrogens is 2. The molecule has 0 fully saturated rings. The van der Waals surface area contributed by atoms with Gasteiger partial charge in [-0.3, -0.25) is 19.0 Å². The van der Waals surface area contributed by atoms with Crippen LogP contribution in [0.15, 0.2) is 48.5 Å². The van der Waals surface area contributed by atoms with Gasteiger partial charge in [-0.25, -0.2) is 4.98 Å². The Hall–Kier alpha value is -3.68. The van der Waals surface area contributed by atoms with Crippen LogP contribution in [-0.4, -0.2) is 44.8 Å². The quantitative estimate of drug-likeness (QED) is 0.655. The van der Waals surface area contributed by atoms with Crippen LogP contribution in [0.5, 0.6) is 5.75 Å². The van der Waals surface area contributed by atoms with E-state index in [9.17, 15) is 14.4 Å². The number of imidazole rings is 1. The predicted octanol–water partition coefficient (Wildman–Crippen LogP) is 2.68. The lowest BCUT2D eigenvalue weighted by Crippen LogP contribution is -2.54. The number of methoxy groups -OCH3 is 1. The average molecular weight is 420 g/mol. The second-order valence-corrected chi connectivity index (χ2v) is 8.52. The van der Waals surface area contributed by atoms with Crippen LogP contribution in [0, 0.1) is 0 Å². The monoisotopic (exact) mass is 420 g/mol. The molecule has 2 heterocycles. The van der Waals surface area contributed by atoms with Crippen molar-refractivity contribution in [2.24, 2.45) is 0 Å². The van der Waals surface area contributed by atoms with E-state index in [0.29, 0.717) is 16.8 Å². The summed E-state index contributed by atoms with van der Waals surface area (Å²) in [6.45, 7) is 5.66. The van der Waals surface area contributed by atoms with E-state index in [4.69, 9.17) is 4.74 Å². The van der Waals surface area contributed by atoms with Gasteiger partial charge in [0.15, 0.2) is 6.04 Å². The lowest BCUT2D eigenvalue weighted by molar-refractivity contribution is -0.141. The van der Waals surface area contributed by atoms with E-state index in [-0.39, 0.29) is 12.4 Å².